The summed E-state index contributed by atoms with van der Waals surface area (Å²) in [6.45, 7) is 6.17. The Balaban J connectivity index is 3.54. The van der Waals surface area contributed by atoms with Gasteiger partial charge in [-0.15, -0.1) is 0 Å². The van der Waals surface area contributed by atoms with Crippen molar-refractivity contribution in [3.63, 3.8) is 0 Å². The van der Waals surface area contributed by atoms with Crippen LogP contribution in [0.2, 0.25) is 0 Å². The van der Waals surface area contributed by atoms with E-state index in [1.807, 2.05) is 0 Å². The largest absolute Gasteiger partial charge is 0.466 e. The zero-order chi connectivity index (χ0) is 23.7. The summed E-state index contributed by atoms with van der Waals surface area (Å²) in [5, 5.41) is 0. The molecule has 0 saturated heterocycles. The molecule has 5 heteroatoms. The van der Waals surface area contributed by atoms with E-state index in [4.69, 9.17) is 14.2 Å². The summed E-state index contributed by atoms with van der Waals surface area (Å²) >= 11 is 0. The van der Waals surface area contributed by atoms with E-state index in [1.165, 1.54) is 44.9 Å². The van der Waals surface area contributed by atoms with Gasteiger partial charge in [-0.2, -0.15) is 0 Å². The summed E-state index contributed by atoms with van der Waals surface area (Å²) in [5.74, 6) is 0.153. The van der Waals surface area contributed by atoms with Crippen molar-refractivity contribution < 1.29 is 23.8 Å². The van der Waals surface area contributed by atoms with Gasteiger partial charge in [-0.25, -0.2) is 0 Å². The van der Waals surface area contributed by atoms with Crippen LogP contribution in [0.3, 0.4) is 0 Å². The van der Waals surface area contributed by atoms with E-state index in [-0.39, 0.29) is 11.9 Å². The summed E-state index contributed by atoms with van der Waals surface area (Å²) in [6.07, 6.45) is 19.0. The van der Waals surface area contributed by atoms with Crippen LogP contribution in [0.15, 0.2) is 0 Å². The van der Waals surface area contributed by atoms with Crippen molar-refractivity contribution in [2.24, 2.45) is 5.92 Å². The van der Waals surface area contributed by atoms with E-state index in [9.17, 15) is 9.59 Å². The molecule has 0 aliphatic carbocycles. The second kappa shape index (κ2) is 24.5. The first kappa shape index (κ1) is 30.9. The van der Waals surface area contributed by atoms with E-state index in [0.29, 0.717) is 38.6 Å². The highest BCUT2D eigenvalue weighted by Crippen LogP contribution is 2.15. The van der Waals surface area contributed by atoms with Gasteiger partial charge in [0.15, 0.2) is 0 Å². The average molecular weight is 457 g/mol. The Morgan fingerprint density at radius 3 is 1.72 bits per heavy atom. The number of carbonyl (C=O) groups excluding carboxylic acids is 2. The maximum absolute atomic E-state index is 12.0. The molecule has 32 heavy (non-hydrogen) atoms. The van der Waals surface area contributed by atoms with Gasteiger partial charge in [0.25, 0.3) is 0 Å². The Morgan fingerprint density at radius 2 is 1.12 bits per heavy atom. The predicted molar refractivity (Wildman–Crippen MR) is 132 cm³/mol. The molecular formula is C27H52O5. The molecule has 0 aliphatic heterocycles. The molecule has 0 bridgehead atoms. The summed E-state index contributed by atoms with van der Waals surface area (Å²) in [4.78, 5) is 23.8. The van der Waals surface area contributed by atoms with Gasteiger partial charge in [-0.1, -0.05) is 84.5 Å². The normalized spacial score (nSPS) is 12.0. The first-order chi connectivity index (χ1) is 15.6. The zero-order valence-corrected chi connectivity index (χ0v) is 21.5. The van der Waals surface area contributed by atoms with Crippen LogP contribution in [-0.2, 0) is 23.8 Å². The first-order valence-electron chi connectivity index (χ1n) is 13.4. The summed E-state index contributed by atoms with van der Waals surface area (Å²) in [5.41, 5.74) is 0. The summed E-state index contributed by atoms with van der Waals surface area (Å²) in [6, 6.07) is 0. The van der Waals surface area contributed by atoms with Crippen molar-refractivity contribution in [1.82, 2.24) is 0 Å². The molecule has 1 atom stereocenters. The quantitative estimate of drug-likeness (QED) is 0.112. The minimum absolute atomic E-state index is 0.107. The lowest BCUT2D eigenvalue weighted by Gasteiger charge is -2.16. The molecule has 5 nitrogen and oxygen atoms in total. The fraction of sp³-hybridized carbons (Fsp3) is 0.926. The molecule has 0 aromatic heterocycles. The van der Waals surface area contributed by atoms with Crippen molar-refractivity contribution in [2.45, 2.75) is 129 Å². The molecule has 0 aliphatic rings. The number of hydrogen-bond donors (Lipinski definition) is 0. The number of esters is 2. The van der Waals surface area contributed by atoms with Gasteiger partial charge >= 0.3 is 11.9 Å². The third-order valence-electron chi connectivity index (χ3n) is 5.95. The van der Waals surface area contributed by atoms with Crippen LogP contribution < -0.4 is 0 Å². The molecule has 0 amide bonds. The van der Waals surface area contributed by atoms with E-state index in [0.717, 1.165) is 57.8 Å². The molecule has 0 rings (SSSR count). The Hall–Kier alpha value is -1.10. The Bertz CT molecular complexity index is 416. The molecule has 0 heterocycles. The second-order valence-electron chi connectivity index (χ2n) is 9.08. The second-order valence-corrected chi connectivity index (χ2v) is 9.08. The molecule has 0 fully saturated rings. The lowest BCUT2D eigenvalue weighted by atomic mass is 10.00. The van der Waals surface area contributed by atoms with Crippen LogP contribution in [0, 0.1) is 5.92 Å². The number of ether oxygens (including phenoxy) is 3. The minimum atomic E-state index is -0.128. The number of carbonyl (C=O) groups is 2. The topological polar surface area (TPSA) is 61.8 Å². The third kappa shape index (κ3) is 22.1. The monoisotopic (exact) mass is 456 g/mol. The summed E-state index contributed by atoms with van der Waals surface area (Å²) in [7, 11) is 1.70. The minimum Gasteiger partial charge on any atom is -0.466 e. The lowest BCUT2D eigenvalue weighted by Crippen LogP contribution is -2.16. The maximum Gasteiger partial charge on any atom is 0.305 e. The van der Waals surface area contributed by atoms with Crippen LogP contribution in [0.25, 0.3) is 0 Å². The van der Waals surface area contributed by atoms with Crippen LogP contribution >= 0.6 is 0 Å². The third-order valence-corrected chi connectivity index (χ3v) is 5.95. The van der Waals surface area contributed by atoms with E-state index in [2.05, 4.69) is 13.8 Å². The Morgan fingerprint density at radius 1 is 0.594 bits per heavy atom. The molecule has 190 valence electrons. The Labute approximate surface area is 198 Å². The molecule has 0 aromatic carbocycles. The fourth-order valence-electron chi connectivity index (χ4n) is 3.76. The van der Waals surface area contributed by atoms with Crippen molar-refractivity contribution >= 4 is 11.9 Å². The standard InChI is InChI=1S/C27H52O5/c1-4-6-8-9-10-11-12-13-17-22-31-26(28)19-15-14-16-20-27(29)32-24-25(18-7-5-2)21-23-30-3/h25H,4-24H2,1-3H3. The van der Waals surface area contributed by atoms with Gasteiger partial charge in [-0.05, 0) is 38.0 Å². The van der Waals surface area contributed by atoms with Gasteiger partial charge in [0.1, 0.15) is 0 Å². The van der Waals surface area contributed by atoms with Crippen molar-refractivity contribution in [2.75, 3.05) is 26.9 Å². The van der Waals surface area contributed by atoms with Crippen molar-refractivity contribution in [3.05, 3.63) is 0 Å². The van der Waals surface area contributed by atoms with Gasteiger partial charge in [0, 0.05) is 26.6 Å². The van der Waals surface area contributed by atoms with E-state index < -0.39 is 0 Å². The van der Waals surface area contributed by atoms with E-state index >= 15 is 0 Å². The number of rotatable bonds is 24. The summed E-state index contributed by atoms with van der Waals surface area (Å²) < 4.78 is 15.9. The smallest absolute Gasteiger partial charge is 0.305 e. The predicted octanol–water partition coefficient (Wildman–Crippen LogP) is 7.40. The maximum atomic E-state index is 12.0. The van der Waals surface area contributed by atoms with Gasteiger partial charge < -0.3 is 14.2 Å². The van der Waals surface area contributed by atoms with Crippen LogP contribution in [-0.4, -0.2) is 38.9 Å². The highest BCUT2D eigenvalue weighted by molar-refractivity contribution is 5.69. The number of methoxy groups -OCH3 is 1. The molecule has 0 aromatic rings. The fourth-order valence-corrected chi connectivity index (χ4v) is 3.76. The average Bonchev–Trinajstić information content (AvgIpc) is 2.79. The first-order valence-corrected chi connectivity index (χ1v) is 13.4. The van der Waals surface area contributed by atoms with Crippen molar-refractivity contribution in [3.8, 4) is 0 Å². The van der Waals surface area contributed by atoms with E-state index in [1.54, 1.807) is 7.11 Å². The molecule has 0 radical (unpaired) electrons. The number of hydrogen-bond acceptors (Lipinski definition) is 5. The zero-order valence-electron chi connectivity index (χ0n) is 21.5. The van der Waals surface area contributed by atoms with Crippen LogP contribution in [0.4, 0.5) is 0 Å². The van der Waals surface area contributed by atoms with Crippen LogP contribution in [0.1, 0.15) is 129 Å². The van der Waals surface area contributed by atoms with Gasteiger partial charge in [0.2, 0.25) is 0 Å². The number of unbranched alkanes of at least 4 members (excludes halogenated alkanes) is 11. The van der Waals surface area contributed by atoms with Crippen LogP contribution in [0.5, 0.6) is 0 Å². The molecule has 0 N–H and O–H groups in total. The SMILES string of the molecule is CCCCCCCCCCCOC(=O)CCCCCC(=O)OCC(CCCC)CCOC. The molecular weight excluding hydrogens is 404 g/mol. The highest BCUT2D eigenvalue weighted by atomic mass is 16.5. The molecule has 1 unspecified atom stereocenters. The highest BCUT2D eigenvalue weighted by Gasteiger charge is 2.12. The Kier molecular flexibility index (Phi) is 23.7. The van der Waals surface area contributed by atoms with Gasteiger partial charge in [0.05, 0.1) is 13.2 Å². The van der Waals surface area contributed by atoms with Crippen molar-refractivity contribution in [1.29, 1.82) is 0 Å². The molecule has 0 saturated carbocycles. The molecule has 0 spiro atoms. The van der Waals surface area contributed by atoms with Gasteiger partial charge in [-0.3, -0.25) is 9.59 Å². The lowest BCUT2D eigenvalue weighted by molar-refractivity contribution is -0.145.